The highest BCUT2D eigenvalue weighted by Crippen LogP contribution is 2.40. The highest BCUT2D eigenvalue weighted by atomic mass is 15.0. The first-order chi connectivity index (χ1) is 28.2. The molecule has 0 saturated carbocycles. The zero-order valence-corrected chi connectivity index (χ0v) is 30.8. The molecule has 3 aromatic heterocycles. The molecule has 0 saturated heterocycles. The van der Waals surface area contributed by atoms with Gasteiger partial charge in [-0.25, -0.2) is 9.98 Å². The van der Waals surface area contributed by atoms with E-state index in [1.165, 1.54) is 16.5 Å². The maximum Gasteiger partial charge on any atom is 0.159 e. The molecule has 0 bridgehead atoms. The molecule has 268 valence electrons. The van der Waals surface area contributed by atoms with Crippen LogP contribution in [-0.4, -0.2) is 24.9 Å². The normalized spacial score (nSPS) is 12.0. The van der Waals surface area contributed by atoms with Gasteiger partial charge in [-0.1, -0.05) is 133 Å². The lowest BCUT2D eigenvalue weighted by atomic mass is 10.1. The van der Waals surface area contributed by atoms with Crippen molar-refractivity contribution in [1.29, 1.82) is 5.41 Å². The van der Waals surface area contributed by atoms with Gasteiger partial charge < -0.3 is 14.1 Å². The summed E-state index contributed by atoms with van der Waals surface area (Å²) < 4.78 is 4.69. The minimum atomic E-state index is 0.137. The molecule has 11 rings (SSSR count). The van der Waals surface area contributed by atoms with Crippen LogP contribution in [0.15, 0.2) is 199 Å². The van der Waals surface area contributed by atoms with Crippen molar-refractivity contribution in [1.82, 2.24) is 19.1 Å². The van der Waals surface area contributed by atoms with Crippen LogP contribution in [0, 0.1) is 5.41 Å². The van der Waals surface area contributed by atoms with E-state index < -0.39 is 0 Å². The Kier molecular flexibility index (Phi) is 7.54. The lowest BCUT2D eigenvalue weighted by molar-refractivity contribution is 1.13. The van der Waals surface area contributed by atoms with Crippen LogP contribution in [-0.2, 0) is 0 Å². The predicted octanol–water partition coefficient (Wildman–Crippen LogP) is 12.0. The van der Waals surface area contributed by atoms with Crippen molar-refractivity contribution in [2.24, 2.45) is 4.99 Å². The quantitative estimate of drug-likeness (QED) is 0.134. The number of amidine groups is 1. The van der Waals surface area contributed by atoms with Crippen molar-refractivity contribution in [2.75, 3.05) is 0 Å². The number of nitrogens with zero attached hydrogens (tertiary/aromatic N) is 4. The maximum atomic E-state index is 9.58. The third kappa shape index (κ3) is 5.38. The second kappa shape index (κ2) is 13.2. The first-order valence-corrected chi connectivity index (χ1v) is 19.1. The first kappa shape index (κ1) is 32.6. The summed E-state index contributed by atoms with van der Waals surface area (Å²) in [5, 5.41) is 14.2. The number of aromatic amines is 1. The summed E-state index contributed by atoms with van der Waals surface area (Å²) >= 11 is 0. The van der Waals surface area contributed by atoms with E-state index in [9.17, 15) is 5.41 Å². The summed E-state index contributed by atoms with van der Waals surface area (Å²) in [5.74, 6) is 0.137. The molecule has 0 unspecified atom stereocenters. The minimum Gasteiger partial charge on any atom is -0.337 e. The summed E-state index contributed by atoms with van der Waals surface area (Å²) in [7, 11) is 0. The molecule has 0 radical (unpaired) electrons. The Morgan fingerprint density at radius 2 is 1.05 bits per heavy atom. The summed E-state index contributed by atoms with van der Waals surface area (Å²) in [4.78, 5) is 13.5. The molecule has 6 heteroatoms. The first-order valence-electron chi connectivity index (χ1n) is 19.1. The number of hydrogen-bond acceptors (Lipinski definition) is 2. The standard InChI is InChI=1S/C51H34N6/c52-50(55-51-49(34-18-5-2-6-19-34)53-42-25-10-11-26-43(42)54-51)39-24-9-14-29-46(39)57-45-28-13-8-23-38(45)41-31-47-40(32-48(41)57)37-22-7-12-27-44(37)56(47)36-21-15-20-35(30-36)33-16-3-1-4-17-33/h1-32H,(H2,52,54,55). The van der Waals surface area contributed by atoms with Gasteiger partial charge in [-0.3, -0.25) is 5.41 Å². The van der Waals surface area contributed by atoms with Gasteiger partial charge in [-0.05, 0) is 71.8 Å². The second-order valence-electron chi connectivity index (χ2n) is 14.3. The lowest BCUT2D eigenvalue weighted by Gasteiger charge is -2.13. The molecule has 0 aliphatic heterocycles. The van der Waals surface area contributed by atoms with Crippen LogP contribution in [0.1, 0.15) is 5.56 Å². The van der Waals surface area contributed by atoms with Crippen molar-refractivity contribution in [3.05, 3.63) is 205 Å². The van der Waals surface area contributed by atoms with Crippen molar-refractivity contribution < 1.29 is 0 Å². The van der Waals surface area contributed by atoms with Gasteiger partial charge in [0.1, 0.15) is 5.69 Å². The number of benzene rings is 8. The van der Waals surface area contributed by atoms with Gasteiger partial charge in [-0.15, -0.1) is 0 Å². The van der Waals surface area contributed by atoms with Crippen LogP contribution in [0.5, 0.6) is 0 Å². The Balaban J connectivity index is 1.14. The van der Waals surface area contributed by atoms with Gasteiger partial charge in [-0.2, -0.15) is 0 Å². The Morgan fingerprint density at radius 1 is 0.474 bits per heavy atom. The number of nitrogens with one attached hydrogen (secondary N) is 2. The second-order valence-corrected chi connectivity index (χ2v) is 14.3. The molecule has 0 aliphatic rings. The van der Waals surface area contributed by atoms with E-state index in [0.717, 1.165) is 66.2 Å². The average molecular weight is 731 g/mol. The average Bonchev–Trinajstić information content (AvgIpc) is 3.78. The number of fused-ring (bicyclic) bond motifs is 7. The molecule has 0 amide bonds. The van der Waals surface area contributed by atoms with Crippen LogP contribution < -0.4 is 5.49 Å². The molecule has 6 nitrogen and oxygen atoms in total. The molecule has 0 fully saturated rings. The highest BCUT2D eigenvalue weighted by molar-refractivity contribution is 6.19. The number of H-pyrrole nitrogens is 1. The fourth-order valence-corrected chi connectivity index (χ4v) is 8.38. The predicted molar refractivity (Wildman–Crippen MR) is 234 cm³/mol. The van der Waals surface area contributed by atoms with E-state index in [2.05, 4.69) is 135 Å². The summed E-state index contributed by atoms with van der Waals surface area (Å²) in [6.07, 6.45) is 0. The lowest BCUT2D eigenvalue weighted by Crippen LogP contribution is -2.17. The van der Waals surface area contributed by atoms with Crippen LogP contribution in [0.2, 0.25) is 0 Å². The van der Waals surface area contributed by atoms with Gasteiger partial charge in [0, 0.05) is 38.4 Å². The number of para-hydroxylation sites is 5. The van der Waals surface area contributed by atoms with Gasteiger partial charge in [0.2, 0.25) is 0 Å². The molecular formula is C51H34N6. The van der Waals surface area contributed by atoms with Crippen molar-refractivity contribution in [3.8, 4) is 33.8 Å². The third-order valence-electron chi connectivity index (χ3n) is 11.0. The largest absolute Gasteiger partial charge is 0.337 e. The zero-order valence-electron chi connectivity index (χ0n) is 30.8. The van der Waals surface area contributed by atoms with E-state index in [0.29, 0.717) is 16.7 Å². The monoisotopic (exact) mass is 730 g/mol. The fraction of sp³-hybridized carbons (Fsp3) is 0. The van der Waals surface area contributed by atoms with Gasteiger partial charge in [0.05, 0.1) is 38.8 Å². The Hall–Kier alpha value is -7.83. The molecule has 2 N–H and O–H groups in total. The molecule has 3 heterocycles. The van der Waals surface area contributed by atoms with Crippen LogP contribution in [0.25, 0.3) is 88.4 Å². The van der Waals surface area contributed by atoms with Crippen LogP contribution in [0.4, 0.5) is 0 Å². The van der Waals surface area contributed by atoms with Gasteiger partial charge >= 0.3 is 0 Å². The Morgan fingerprint density at radius 3 is 1.81 bits per heavy atom. The third-order valence-corrected chi connectivity index (χ3v) is 11.0. The van der Waals surface area contributed by atoms with Gasteiger partial charge in [0.15, 0.2) is 11.3 Å². The SMILES string of the molecule is N=C(N=c1[nH]c2ccccc2nc1-c1ccccc1)c1ccccc1-n1c2ccccc2c2cc3c(cc21)c1ccccc1n3-c1cccc(-c2ccccc2)c1. The highest BCUT2D eigenvalue weighted by Gasteiger charge is 2.21. The molecule has 8 aromatic carbocycles. The topological polar surface area (TPSA) is 74.8 Å². The van der Waals surface area contributed by atoms with Crippen LogP contribution in [0.3, 0.4) is 0 Å². The van der Waals surface area contributed by atoms with Gasteiger partial charge in [0.25, 0.3) is 0 Å². The molecule has 0 aliphatic carbocycles. The summed E-state index contributed by atoms with van der Waals surface area (Å²) in [6.45, 7) is 0. The van der Waals surface area contributed by atoms with Crippen molar-refractivity contribution >= 4 is 60.5 Å². The Bertz CT molecular complexity index is 3420. The number of rotatable bonds is 5. The molecule has 57 heavy (non-hydrogen) atoms. The van der Waals surface area contributed by atoms with E-state index in [4.69, 9.17) is 9.98 Å². The maximum absolute atomic E-state index is 9.58. The zero-order chi connectivity index (χ0) is 37.9. The van der Waals surface area contributed by atoms with Crippen molar-refractivity contribution in [2.45, 2.75) is 0 Å². The Labute approximate surface area is 327 Å². The van der Waals surface area contributed by atoms with Crippen molar-refractivity contribution in [3.63, 3.8) is 0 Å². The van der Waals surface area contributed by atoms with E-state index >= 15 is 0 Å². The minimum absolute atomic E-state index is 0.137. The number of hydrogen-bond donors (Lipinski definition) is 2. The molecule has 0 spiro atoms. The van der Waals surface area contributed by atoms with E-state index in [1.54, 1.807) is 0 Å². The molecule has 0 atom stereocenters. The summed E-state index contributed by atoms with van der Waals surface area (Å²) in [6, 6.07) is 67.3. The van der Waals surface area contributed by atoms with E-state index in [1.807, 2.05) is 72.8 Å². The molecule has 11 aromatic rings. The fourth-order valence-electron chi connectivity index (χ4n) is 8.38. The van der Waals surface area contributed by atoms with E-state index in [-0.39, 0.29) is 5.84 Å². The molecular weight excluding hydrogens is 697 g/mol. The number of aromatic nitrogens is 4. The summed E-state index contributed by atoms with van der Waals surface area (Å²) in [5.41, 5.74) is 13.3. The smallest absolute Gasteiger partial charge is 0.159 e. The van der Waals surface area contributed by atoms with Crippen LogP contribution >= 0.6 is 0 Å².